The zero-order valence-corrected chi connectivity index (χ0v) is 12.6. The van der Waals surface area contributed by atoms with Crippen LogP contribution in [0.25, 0.3) is 0 Å². The molecule has 0 saturated heterocycles. The number of rotatable bonds is 5. The highest BCUT2D eigenvalue weighted by atomic mass is 16.4. The number of aromatic carboxylic acids is 1. The number of carboxylic acids is 1. The van der Waals surface area contributed by atoms with Crippen LogP contribution >= 0.6 is 0 Å². The summed E-state index contributed by atoms with van der Waals surface area (Å²) in [6, 6.07) is 7.00. The number of nitrogen functional groups attached to an aromatic ring is 2. The monoisotopic (exact) mass is 313 g/mol. The number of nitrogens with two attached hydrogens (primary N) is 2. The summed E-state index contributed by atoms with van der Waals surface area (Å²) in [6.07, 6.45) is 2.82. The number of carbonyl (C=O) groups is 1. The molecule has 7 heteroatoms. The van der Waals surface area contributed by atoms with E-state index in [9.17, 15) is 4.79 Å². The number of nitrogens with one attached hydrogen (secondary N) is 1. The molecule has 0 fully saturated rings. The molecule has 1 unspecified atom stereocenters. The molecule has 0 aliphatic carbocycles. The van der Waals surface area contributed by atoms with Gasteiger partial charge < -0.3 is 21.9 Å². The van der Waals surface area contributed by atoms with E-state index in [-0.39, 0.29) is 11.9 Å². The van der Waals surface area contributed by atoms with E-state index in [2.05, 4.69) is 15.3 Å². The van der Waals surface area contributed by atoms with Crippen molar-refractivity contribution in [3.05, 3.63) is 41.0 Å². The number of aryl methyl sites for hydroxylation is 1. The van der Waals surface area contributed by atoms with Crippen LogP contribution in [0.2, 0.25) is 0 Å². The molecule has 0 saturated carbocycles. The predicted molar refractivity (Wildman–Crippen MR) is 88.4 cm³/mol. The normalized spacial score (nSPS) is 15.9. The minimum Gasteiger partial charge on any atom is -0.478 e. The summed E-state index contributed by atoms with van der Waals surface area (Å²) in [5.74, 6) is 0.760. The third kappa shape index (κ3) is 3.18. The van der Waals surface area contributed by atoms with Gasteiger partial charge >= 0.3 is 5.97 Å². The average Bonchev–Trinajstić information content (AvgIpc) is 2.91. The molecule has 2 heterocycles. The quantitative estimate of drug-likeness (QED) is 0.663. The molecule has 1 aromatic carbocycles. The Labute approximate surface area is 133 Å². The van der Waals surface area contributed by atoms with Crippen molar-refractivity contribution in [3.8, 4) is 0 Å². The lowest BCUT2D eigenvalue weighted by Gasteiger charge is -2.11. The topological polar surface area (TPSA) is 127 Å². The lowest BCUT2D eigenvalue weighted by molar-refractivity contribution is 0.0697. The number of hydrogen-bond acceptors (Lipinski definition) is 6. The molecule has 1 aromatic heterocycles. The first kappa shape index (κ1) is 15.1. The molecule has 1 aliphatic heterocycles. The van der Waals surface area contributed by atoms with E-state index in [0.29, 0.717) is 11.4 Å². The molecule has 6 N–H and O–H groups in total. The van der Waals surface area contributed by atoms with Crippen molar-refractivity contribution in [2.75, 3.05) is 23.3 Å². The maximum atomic E-state index is 10.8. The zero-order valence-electron chi connectivity index (χ0n) is 12.6. The Balaban J connectivity index is 1.60. The molecule has 23 heavy (non-hydrogen) atoms. The van der Waals surface area contributed by atoms with Gasteiger partial charge in [-0.2, -0.15) is 9.97 Å². The van der Waals surface area contributed by atoms with Crippen LogP contribution in [-0.2, 0) is 6.42 Å². The second-order valence-corrected chi connectivity index (χ2v) is 5.70. The molecule has 7 nitrogen and oxygen atoms in total. The molecule has 3 rings (SSSR count). The number of benzene rings is 1. The fraction of sp³-hybridized carbons (Fsp3) is 0.312. The number of anilines is 3. The van der Waals surface area contributed by atoms with Crippen LogP contribution < -0.4 is 16.8 Å². The summed E-state index contributed by atoms with van der Waals surface area (Å²) in [5.41, 5.74) is 14.0. The molecule has 0 bridgehead atoms. The fourth-order valence-electron chi connectivity index (χ4n) is 2.98. The molecular formula is C16H19N5O2. The van der Waals surface area contributed by atoms with E-state index < -0.39 is 5.97 Å². The summed E-state index contributed by atoms with van der Waals surface area (Å²) in [7, 11) is 0. The molecule has 0 radical (unpaired) electrons. The van der Waals surface area contributed by atoms with Crippen LogP contribution in [0.3, 0.4) is 0 Å². The van der Waals surface area contributed by atoms with Crippen molar-refractivity contribution in [1.82, 2.24) is 9.97 Å². The van der Waals surface area contributed by atoms with Gasteiger partial charge in [-0.3, -0.25) is 0 Å². The van der Waals surface area contributed by atoms with Crippen LogP contribution in [0.15, 0.2) is 24.3 Å². The van der Waals surface area contributed by atoms with Gasteiger partial charge in [-0.1, -0.05) is 12.1 Å². The summed E-state index contributed by atoms with van der Waals surface area (Å²) >= 11 is 0. The van der Waals surface area contributed by atoms with Crippen molar-refractivity contribution in [3.63, 3.8) is 0 Å². The molecule has 0 spiro atoms. The van der Waals surface area contributed by atoms with Crippen LogP contribution in [0.5, 0.6) is 0 Å². The molecule has 1 aliphatic rings. The SMILES string of the molecule is Nc1nc(N)c2c(n1)NCC2CCCc1ccc(C(=O)O)cc1. The van der Waals surface area contributed by atoms with Crippen molar-refractivity contribution in [2.24, 2.45) is 0 Å². The Bertz CT molecular complexity index is 730. The minimum absolute atomic E-state index is 0.188. The molecular weight excluding hydrogens is 294 g/mol. The fourth-order valence-corrected chi connectivity index (χ4v) is 2.98. The Hall–Kier alpha value is -2.83. The summed E-state index contributed by atoms with van der Waals surface area (Å²) in [4.78, 5) is 19.0. The zero-order chi connectivity index (χ0) is 16.4. The maximum Gasteiger partial charge on any atom is 0.335 e. The van der Waals surface area contributed by atoms with Crippen molar-refractivity contribution in [2.45, 2.75) is 25.2 Å². The third-order valence-corrected chi connectivity index (χ3v) is 4.14. The lowest BCUT2D eigenvalue weighted by Crippen LogP contribution is -2.06. The molecule has 120 valence electrons. The second-order valence-electron chi connectivity index (χ2n) is 5.70. The smallest absolute Gasteiger partial charge is 0.335 e. The van der Waals surface area contributed by atoms with Gasteiger partial charge in [0.05, 0.1) is 5.56 Å². The van der Waals surface area contributed by atoms with E-state index in [1.54, 1.807) is 12.1 Å². The molecule has 2 aromatic rings. The Morgan fingerprint density at radius 3 is 2.70 bits per heavy atom. The van der Waals surface area contributed by atoms with Crippen molar-refractivity contribution >= 4 is 23.6 Å². The predicted octanol–water partition coefficient (Wildman–Crippen LogP) is 1.87. The number of hydrogen-bond donors (Lipinski definition) is 4. The van der Waals surface area contributed by atoms with Gasteiger partial charge in [0.2, 0.25) is 5.95 Å². The summed E-state index contributed by atoms with van der Waals surface area (Å²) < 4.78 is 0. The van der Waals surface area contributed by atoms with E-state index in [4.69, 9.17) is 16.6 Å². The van der Waals surface area contributed by atoms with Crippen LogP contribution in [0.4, 0.5) is 17.6 Å². The lowest BCUT2D eigenvalue weighted by atomic mass is 9.95. The second kappa shape index (κ2) is 6.12. The number of fused-ring (bicyclic) bond motifs is 1. The molecule has 1 atom stereocenters. The van der Waals surface area contributed by atoms with Crippen LogP contribution in [-0.4, -0.2) is 27.6 Å². The Kier molecular flexibility index (Phi) is 4.01. The molecule has 0 amide bonds. The summed E-state index contributed by atoms with van der Waals surface area (Å²) in [6.45, 7) is 0.787. The van der Waals surface area contributed by atoms with Crippen LogP contribution in [0.1, 0.15) is 40.2 Å². The maximum absolute atomic E-state index is 10.8. The first-order chi connectivity index (χ1) is 11.0. The van der Waals surface area contributed by atoms with Gasteiger partial charge in [0, 0.05) is 18.0 Å². The first-order valence-electron chi connectivity index (χ1n) is 7.53. The van der Waals surface area contributed by atoms with Gasteiger partial charge in [0.25, 0.3) is 0 Å². The van der Waals surface area contributed by atoms with Gasteiger partial charge in [-0.15, -0.1) is 0 Å². The van der Waals surface area contributed by atoms with Gasteiger partial charge in [0.1, 0.15) is 11.6 Å². The number of carboxylic acid groups (broad SMARTS) is 1. The summed E-state index contributed by atoms with van der Waals surface area (Å²) in [5, 5.41) is 12.1. The van der Waals surface area contributed by atoms with Gasteiger partial charge in [0.15, 0.2) is 0 Å². The van der Waals surface area contributed by atoms with E-state index in [1.165, 1.54) is 0 Å². The Morgan fingerprint density at radius 2 is 2.00 bits per heavy atom. The highest BCUT2D eigenvalue weighted by Crippen LogP contribution is 2.36. The van der Waals surface area contributed by atoms with E-state index in [0.717, 1.165) is 42.8 Å². The average molecular weight is 313 g/mol. The number of nitrogens with zero attached hydrogens (tertiary/aromatic N) is 2. The third-order valence-electron chi connectivity index (χ3n) is 4.14. The highest BCUT2D eigenvalue weighted by molar-refractivity contribution is 5.87. The highest BCUT2D eigenvalue weighted by Gasteiger charge is 2.26. The van der Waals surface area contributed by atoms with Crippen molar-refractivity contribution in [1.29, 1.82) is 0 Å². The van der Waals surface area contributed by atoms with E-state index in [1.807, 2.05) is 12.1 Å². The van der Waals surface area contributed by atoms with E-state index >= 15 is 0 Å². The largest absolute Gasteiger partial charge is 0.478 e. The minimum atomic E-state index is -0.903. The van der Waals surface area contributed by atoms with Crippen molar-refractivity contribution < 1.29 is 9.90 Å². The van der Waals surface area contributed by atoms with Gasteiger partial charge in [-0.05, 0) is 37.0 Å². The standard InChI is InChI=1S/C16H19N5O2/c17-13-12-11(8-19-14(12)21-16(18)20-13)3-1-2-9-4-6-10(7-5-9)15(22)23/h4-7,11H,1-3,8H2,(H,22,23)(H5,17,18,19,20,21). The Morgan fingerprint density at radius 1 is 1.26 bits per heavy atom. The number of aromatic nitrogens is 2. The van der Waals surface area contributed by atoms with Gasteiger partial charge in [-0.25, -0.2) is 4.79 Å². The van der Waals surface area contributed by atoms with Crippen LogP contribution in [0, 0.1) is 0 Å². The first-order valence-corrected chi connectivity index (χ1v) is 7.53.